The number of allylic oxidation sites excluding steroid dienone is 3. The lowest BCUT2D eigenvalue weighted by Gasteiger charge is -2.50. The van der Waals surface area contributed by atoms with Crippen LogP contribution >= 0.6 is 0 Å². The molecule has 3 nitrogen and oxygen atoms in total. The molecule has 0 saturated carbocycles. The third-order valence-corrected chi connectivity index (χ3v) is 4.60. The van der Waals surface area contributed by atoms with Crippen LogP contribution in [0.15, 0.2) is 29.0 Å². The number of hydrogen-bond donors (Lipinski definition) is 1. The second-order valence-corrected chi connectivity index (χ2v) is 8.78. The number of unbranched alkanes of at least 4 members (excludes halogenated alkanes) is 1. The van der Waals surface area contributed by atoms with Crippen molar-refractivity contribution < 1.29 is 0 Å². The molecule has 0 aromatic heterocycles. The van der Waals surface area contributed by atoms with E-state index in [2.05, 4.69) is 76.3 Å². The normalized spacial score (nSPS) is 21.7. The van der Waals surface area contributed by atoms with E-state index in [-0.39, 0.29) is 11.1 Å². The van der Waals surface area contributed by atoms with Crippen LogP contribution in [-0.2, 0) is 0 Å². The molecule has 0 aromatic rings. The van der Waals surface area contributed by atoms with E-state index in [1.807, 2.05) is 6.92 Å². The van der Waals surface area contributed by atoms with Crippen molar-refractivity contribution in [3.63, 3.8) is 0 Å². The van der Waals surface area contributed by atoms with Gasteiger partial charge in [0, 0.05) is 40.8 Å². The molecule has 0 aliphatic carbocycles. The molecule has 0 aromatic carbocycles. The first-order valence-corrected chi connectivity index (χ1v) is 9.41. The highest BCUT2D eigenvalue weighted by Gasteiger charge is 2.39. The Bertz CT molecular complexity index is 481. The predicted octanol–water partition coefficient (Wildman–Crippen LogP) is 5.30. The van der Waals surface area contributed by atoms with Gasteiger partial charge in [-0.1, -0.05) is 19.9 Å². The van der Waals surface area contributed by atoms with Crippen LogP contribution in [0.1, 0.15) is 81.1 Å². The van der Waals surface area contributed by atoms with Crippen molar-refractivity contribution in [3.05, 3.63) is 24.0 Å². The molecule has 1 N–H and O–H groups in total. The highest BCUT2D eigenvalue weighted by molar-refractivity contribution is 5.93. The first-order chi connectivity index (χ1) is 11.0. The van der Waals surface area contributed by atoms with E-state index in [9.17, 15) is 0 Å². The molecule has 1 rings (SSSR count). The van der Waals surface area contributed by atoms with Crippen LogP contribution in [0.4, 0.5) is 0 Å². The minimum Gasteiger partial charge on any atom is -0.372 e. The second-order valence-electron chi connectivity index (χ2n) is 8.78. The van der Waals surface area contributed by atoms with Crippen molar-refractivity contribution >= 4 is 5.71 Å². The average molecular weight is 334 g/mol. The van der Waals surface area contributed by atoms with E-state index >= 15 is 0 Å². The molecule has 1 aliphatic rings. The Morgan fingerprint density at radius 3 is 2.17 bits per heavy atom. The summed E-state index contributed by atoms with van der Waals surface area (Å²) in [4.78, 5) is 7.11. The van der Waals surface area contributed by atoms with Gasteiger partial charge in [0.25, 0.3) is 0 Å². The van der Waals surface area contributed by atoms with Crippen molar-refractivity contribution in [2.45, 2.75) is 98.2 Å². The van der Waals surface area contributed by atoms with Crippen molar-refractivity contribution in [1.82, 2.24) is 10.2 Å². The Hall–Kier alpha value is -1.09. The van der Waals surface area contributed by atoms with E-state index < -0.39 is 0 Å². The Morgan fingerprint density at radius 1 is 1.17 bits per heavy atom. The molecular formula is C21H39N3. The lowest BCUT2D eigenvalue weighted by atomic mass is 9.78. The smallest absolute Gasteiger partial charge is 0.0392 e. The van der Waals surface area contributed by atoms with Crippen LogP contribution in [-0.4, -0.2) is 34.3 Å². The number of rotatable bonds is 7. The molecule has 0 bridgehead atoms. The van der Waals surface area contributed by atoms with E-state index in [1.54, 1.807) is 0 Å². The Kier molecular flexibility index (Phi) is 7.27. The zero-order chi connectivity index (χ0) is 18.5. The van der Waals surface area contributed by atoms with Gasteiger partial charge >= 0.3 is 0 Å². The van der Waals surface area contributed by atoms with E-state index in [1.165, 1.54) is 31.4 Å². The zero-order valence-corrected chi connectivity index (χ0v) is 17.3. The fourth-order valence-electron chi connectivity index (χ4n) is 4.18. The molecule has 3 heteroatoms. The van der Waals surface area contributed by atoms with Gasteiger partial charge < -0.3 is 10.2 Å². The van der Waals surface area contributed by atoms with Crippen LogP contribution in [0.3, 0.4) is 0 Å². The molecule has 1 fully saturated rings. The zero-order valence-electron chi connectivity index (χ0n) is 17.3. The predicted molar refractivity (Wildman–Crippen MR) is 108 cm³/mol. The summed E-state index contributed by atoms with van der Waals surface area (Å²) < 4.78 is 0. The van der Waals surface area contributed by atoms with Gasteiger partial charge in [0.15, 0.2) is 0 Å². The third-order valence-electron chi connectivity index (χ3n) is 4.60. The van der Waals surface area contributed by atoms with Crippen LogP contribution in [0.2, 0.25) is 0 Å². The van der Waals surface area contributed by atoms with Crippen LogP contribution < -0.4 is 5.32 Å². The van der Waals surface area contributed by atoms with Gasteiger partial charge in [-0.2, -0.15) is 0 Å². The molecule has 1 heterocycles. The minimum absolute atomic E-state index is 0.165. The summed E-state index contributed by atoms with van der Waals surface area (Å²) >= 11 is 0. The molecule has 0 atom stereocenters. The maximum Gasteiger partial charge on any atom is 0.0392 e. The number of hydrogen-bond acceptors (Lipinski definition) is 3. The minimum atomic E-state index is 0.165. The van der Waals surface area contributed by atoms with Gasteiger partial charge in [-0.25, -0.2) is 0 Å². The average Bonchev–Trinajstić information content (AvgIpc) is 2.33. The molecule has 0 unspecified atom stereocenters. The maximum absolute atomic E-state index is 4.49. The summed E-state index contributed by atoms with van der Waals surface area (Å²) in [5, 5.41) is 3.80. The third kappa shape index (κ3) is 6.80. The Morgan fingerprint density at radius 2 is 1.71 bits per heavy atom. The van der Waals surface area contributed by atoms with Crippen molar-refractivity contribution in [2.24, 2.45) is 4.99 Å². The van der Waals surface area contributed by atoms with Crippen LogP contribution in [0, 0.1) is 0 Å². The molecule has 138 valence electrons. The maximum atomic E-state index is 4.49. The van der Waals surface area contributed by atoms with Crippen LogP contribution in [0.25, 0.3) is 0 Å². The number of piperidine rings is 1. The van der Waals surface area contributed by atoms with Gasteiger partial charge in [0.2, 0.25) is 0 Å². The first-order valence-electron chi connectivity index (χ1n) is 9.41. The summed E-state index contributed by atoms with van der Waals surface area (Å²) in [5.74, 6) is 0. The van der Waals surface area contributed by atoms with E-state index in [4.69, 9.17) is 0 Å². The Balaban J connectivity index is 3.07. The summed E-state index contributed by atoms with van der Waals surface area (Å²) in [5.41, 5.74) is 3.55. The fraction of sp³-hybridized carbons (Fsp3) is 0.762. The highest BCUT2D eigenvalue weighted by Crippen LogP contribution is 2.33. The van der Waals surface area contributed by atoms with Gasteiger partial charge in [-0.3, -0.25) is 4.99 Å². The van der Waals surface area contributed by atoms with Gasteiger partial charge in [-0.05, 0) is 73.8 Å². The summed E-state index contributed by atoms with van der Waals surface area (Å²) in [7, 11) is 0. The molecule has 1 aliphatic heterocycles. The molecular weight excluding hydrogens is 294 g/mol. The fourth-order valence-corrected chi connectivity index (χ4v) is 4.18. The summed E-state index contributed by atoms with van der Waals surface area (Å²) in [6.45, 7) is 22.8. The van der Waals surface area contributed by atoms with Gasteiger partial charge in [0.1, 0.15) is 0 Å². The SMILES string of the molecule is C=C(C)N=C(C)/C=C(\C)N(CCCC)C1CC(C)(C)NC(C)(C)C1. The summed E-state index contributed by atoms with van der Waals surface area (Å²) in [6.07, 6.45) is 7.00. The standard InChI is InChI=1S/C21H39N3/c1-10-11-12-24(18(5)13-17(4)22-16(2)3)19-14-20(6,7)23-21(8,9)15-19/h13,19,23H,2,10-12,14-15H2,1,3-9H3/b18-13+,22-17?. The van der Waals surface area contributed by atoms with Crippen molar-refractivity contribution in [1.29, 1.82) is 0 Å². The van der Waals surface area contributed by atoms with Crippen molar-refractivity contribution in [2.75, 3.05) is 6.54 Å². The summed E-state index contributed by atoms with van der Waals surface area (Å²) in [6, 6.07) is 0.566. The molecule has 0 amide bonds. The molecule has 0 radical (unpaired) electrons. The highest BCUT2D eigenvalue weighted by atomic mass is 15.2. The number of aliphatic imine (C=N–C) groups is 1. The number of nitrogens with one attached hydrogen (secondary N) is 1. The topological polar surface area (TPSA) is 27.6 Å². The quantitative estimate of drug-likeness (QED) is 0.641. The van der Waals surface area contributed by atoms with Crippen molar-refractivity contribution in [3.8, 4) is 0 Å². The largest absolute Gasteiger partial charge is 0.372 e. The first kappa shape index (κ1) is 21.0. The lowest BCUT2D eigenvalue weighted by Crippen LogP contribution is -2.62. The molecule has 1 saturated heterocycles. The van der Waals surface area contributed by atoms with E-state index in [0.29, 0.717) is 6.04 Å². The monoisotopic (exact) mass is 333 g/mol. The lowest BCUT2D eigenvalue weighted by molar-refractivity contribution is 0.0852. The molecule has 0 spiro atoms. The second kappa shape index (κ2) is 8.33. The van der Waals surface area contributed by atoms with Crippen LogP contribution in [0.5, 0.6) is 0 Å². The van der Waals surface area contributed by atoms with Gasteiger partial charge in [0.05, 0.1) is 0 Å². The van der Waals surface area contributed by atoms with Gasteiger partial charge in [-0.15, -0.1) is 0 Å². The van der Waals surface area contributed by atoms with E-state index in [0.717, 1.165) is 18.0 Å². The number of nitrogens with zero attached hydrogens (tertiary/aromatic N) is 2. The molecule has 24 heavy (non-hydrogen) atoms. The Labute approximate surface area is 150 Å².